The molecule has 3 nitrogen and oxygen atoms in total. The minimum absolute atomic E-state index is 0.253. The Kier molecular flexibility index (Phi) is 2.15. The molecule has 0 saturated carbocycles. The molecule has 0 aliphatic heterocycles. The van der Waals surface area contributed by atoms with Crippen molar-refractivity contribution in [3.63, 3.8) is 0 Å². The third-order valence-electron chi connectivity index (χ3n) is 1.01. The summed E-state index contributed by atoms with van der Waals surface area (Å²) in [4.78, 5) is 0. The maximum atomic E-state index is 7.31. The molecule has 0 aliphatic carbocycles. The third-order valence-corrected chi connectivity index (χ3v) is 2.05. The third kappa shape index (κ3) is 1.41. The zero-order chi connectivity index (χ0) is 7.72. The first-order chi connectivity index (χ1) is 4.61. The van der Waals surface area contributed by atoms with Gasteiger partial charge in [0.1, 0.15) is 0 Å². The summed E-state index contributed by atoms with van der Waals surface area (Å²) in [6.07, 6.45) is 1.62. The Bertz CT molecular complexity index is 278. The highest BCUT2D eigenvalue weighted by Gasteiger charge is 1.95. The van der Waals surface area contributed by atoms with Gasteiger partial charge in [0.2, 0.25) is 0 Å². The van der Waals surface area contributed by atoms with E-state index >= 15 is 0 Å². The van der Waals surface area contributed by atoms with Gasteiger partial charge in [0, 0.05) is 10.7 Å². The van der Waals surface area contributed by atoms with Crippen molar-refractivity contribution >= 4 is 31.9 Å². The summed E-state index contributed by atoms with van der Waals surface area (Å²) in [6.45, 7) is 0. The molecular formula is C5H5Br2N3. The predicted molar refractivity (Wildman–Crippen MR) is 45.8 cm³/mol. The summed E-state index contributed by atoms with van der Waals surface area (Å²) in [5.41, 5.74) is 0.253. The van der Waals surface area contributed by atoms with Gasteiger partial charge in [-0.3, -0.25) is 10.1 Å². The molecule has 0 fully saturated rings. The van der Waals surface area contributed by atoms with Crippen LogP contribution in [0.15, 0.2) is 21.2 Å². The first-order valence-corrected chi connectivity index (χ1v) is 4.07. The highest BCUT2D eigenvalue weighted by Crippen LogP contribution is 2.10. The van der Waals surface area contributed by atoms with Crippen molar-refractivity contribution < 1.29 is 0 Å². The number of rotatable bonds is 0. The first-order valence-electron chi connectivity index (χ1n) is 2.48. The molecule has 1 aromatic rings. The van der Waals surface area contributed by atoms with Crippen LogP contribution in [0.1, 0.15) is 0 Å². The fourth-order valence-corrected chi connectivity index (χ4v) is 1.76. The molecule has 10 heavy (non-hydrogen) atoms. The van der Waals surface area contributed by atoms with Gasteiger partial charge in [-0.15, -0.1) is 0 Å². The number of nitrogens with two attached hydrogens (primary N) is 1. The number of hydrogen-bond donors (Lipinski definition) is 2. The van der Waals surface area contributed by atoms with Crippen molar-refractivity contribution in [2.45, 2.75) is 0 Å². The zero-order valence-corrected chi connectivity index (χ0v) is 8.11. The van der Waals surface area contributed by atoms with Crippen LogP contribution in [0.4, 0.5) is 0 Å². The molecule has 0 aromatic carbocycles. The van der Waals surface area contributed by atoms with Crippen molar-refractivity contribution in [3.05, 3.63) is 26.7 Å². The Labute approximate surface area is 74.6 Å². The van der Waals surface area contributed by atoms with E-state index < -0.39 is 0 Å². The summed E-state index contributed by atoms with van der Waals surface area (Å²) in [5.74, 6) is 5.39. The largest absolute Gasteiger partial charge is 0.338 e. The van der Waals surface area contributed by atoms with E-state index in [1.807, 2.05) is 0 Å². The van der Waals surface area contributed by atoms with E-state index in [2.05, 4.69) is 31.9 Å². The average Bonchev–Trinajstić information content (AvgIpc) is 1.82. The first kappa shape index (κ1) is 7.81. The summed E-state index contributed by atoms with van der Waals surface area (Å²) in [6, 6.07) is 1.77. The topological polar surface area (TPSA) is 54.8 Å². The molecule has 0 spiro atoms. The van der Waals surface area contributed by atoms with E-state index in [9.17, 15) is 0 Å². The molecule has 3 N–H and O–H groups in total. The van der Waals surface area contributed by atoms with Crippen LogP contribution in [0.3, 0.4) is 0 Å². The van der Waals surface area contributed by atoms with Crippen LogP contribution in [0.5, 0.6) is 0 Å². The highest BCUT2D eigenvalue weighted by atomic mass is 79.9. The van der Waals surface area contributed by atoms with Gasteiger partial charge in [0.05, 0.1) is 4.47 Å². The Morgan fingerprint density at radius 2 is 2.10 bits per heavy atom. The quantitative estimate of drug-likeness (QED) is 0.682. The van der Waals surface area contributed by atoms with E-state index in [-0.39, 0.29) is 5.49 Å². The van der Waals surface area contributed by atoms with Crippen molar-refractivity contribution in [2.24, 2.45) is 0 Å². The summed E-state index contributed by atoms with van der Waals surface area (Å²) in [7, 11) is 0. The van der Waals surface area contributed by atoms with Gasteiger partial charge >= 0.3 is 0 Å². The lowest BCUT2D eigenvalue weighted by atomic mass is 10.5. The molecule has 1 aromatic heterocycles. The SMILES string of the molecule is N=c1c(Br)cc(Br)cn1N. The second-order valence-electron chi connectivity index (χ2n) is 1.76. The van der Waals surface area contributed by atoms with Gasteiger partial charge in [-0.1, -0.05) is 0 Å². The average molecular weight is 267 g/mol. The fourth-order valence-electron chi connectivity index (χ4n) is 0.547. The molecule has 1 rings (SSSR count). The van der Waals surface area contributed by atoms with Gasteiger partial charge in [0.25, 0.3) is 0 Å². The maximum Gasteiger partial charge on any atom is 0.157 e. The van der Waals surface area contributed by atoms with Gasteiger partial charge < -0.3 is 5.84 Å². The normalized spacial score (nSPS) is 9.80. The molecule has 0 saturated heterocycles. The Balaban J connectivity index is 3.46. The molecule has 54 valence electrons. The van der Waals surface area contributed by atoms with E-state index in [1.54, 1.807) is 12.3 Å². The van der Waals surface area contributed by atoms with Gasteiger partial charge in [-0.05, 0) is 37.9 Å². The Morgan fingerprint density at radius 3 is 2.60 bits per heavy atom. The second kappa shape index (κ2) is 2.75. The molecule has 0 atom stereocenters. The number of halogens is 2. The smallest absolute Gasteiger partial charge is 0.157 e. The van der Waals surface area contributed by atoms with Crippen LogP contribution in [0, 0.1) is 5.41 Å². The van der Waals surface area contributed by atoms with Gasteiger partial charge in [0.15, 0.2) is 5.49 Å². The molecule has 0 aliphatic rings. The molecule has 1 heterocycles. The van der Waals surface area contributed by atoms with Crippen LogP contribution in [0.25, 0.3) is 0 Å². The van der Waals surface area contributed by atoms with Crippen LogP contribution < -0.4 is 11.3 Å². The summed E-state index contributed by atoms with van der Waals surface area (Å²) >= 11 is 6.41. The number of nitrogens with one attached hydrogen (secondary N) is 1. The van der Waals surface area contributed by atoms with Crippen LogP contribution in [-0.2, 0) is 0 Å². The molecule has 0 radical (unpaired) electrons. The lowest BCUT2D eigenvalue weighted by molar-refractivity contribution is 0.866. The standard InChI is InChI=1S/C5H5Br2N3/c6-3-1-4(7)5(8)10(9)2-3/h1-2,8H,9H2. The number of nitrogen functional groups attached to an aromatic ring is 1. The molecule has 0 unspecified atom stereocenters. The van der Waals surface area contributed by atoms with Gasteiger partial charge in [-0.2, -0.15) is 0 Å². The lowest BCUT2D eigenvalue weighted by Gasteiger charge is -2.00. The number of aromatic nitrogens is 1. The molecule has 5 heteroatoms. The molecular weight excluding hydrogens is 262 g/mol. The minimum Gasteiger partial charge on any atom is -0.338 e. The number of pyridine rings is 1. The highest BCUT2D eigenvalue weighted by molar-refractivity contribution is 9.11. The van der Waals surface area contributed by atoms with Crippen LogP contribution >= 0.6 is 31.9 Å². The van der Waals surface area contributed by atoms with Crippen molar-refractivity contribution in [1.29, 1.82) is 5.41 Å². The van der Waals surface area contributed by atoms with Crippen molar-refractivity contribution in [3.8, 4) is 0 Å². The van der Waals surface area contributed by atoms with E-state index in [4.69, 9.17) is 11.3 Å². The Morgan fingerprint density at radius 1 is 1.50 bits per heavy atom. The van der Waals surface area contributed by atoms with Gasteiger partial charge in [-0.25, -0.2) is 0 Å². The molecule has 0 bridgehead atoms. The minimum atomic E-state index is 0.253. The van der Waals surface area contributed by atoms with Crippen molar-refractivity contribution in [2.75, 3.05) is 5.84 Å². The van der Waals surface area contributed by atoms with E-state index in [1.165, 1.54) is 4.68 Å². The van der Waals surface area contributed by atoms with Crippen LogP contribution in [-0.4, -0.2) is 4.68 Å². The Hall–Kier alpha value is -0.290. The maximum absolute atomic E-state index is 7.31. The molecule has 0 amide bonds. The van der Waals surface area contributed by atoms with Crippen LogP contribution in [0.2, 0.25) is 0 Å². The summed E-state index contributed by atoms with van der Waals surface area (Å²) in [5, 5.41) is 7.31. The predicted octanol–water partition coefficient (Wildman–Crippen LogP) is 1.21. The number of nitrogens with zero attached hydrogens (tertiary/aromatic N) is 1. The summed E-state index contributed by atoms with van der Waals surface area (Å²) < 4.78 is 2.75. The lowest BCUT2D eigenvalue weighted by Crippen LogP contribution is -2.26. The monoisotopic (exact) mass is 265 g/mol. The van der Waals surface area contributed by atoms with Crippen molar-refractivity contribution in [1.82, 2.24) is 4.68 Å². The second-order valence-corrected chi connectivity index (χ2v) is 3.53. The number of hydrogen-bond acceptors (Lipinski definition) is 2. The zero-order valence-electron chi connectivity index (χ0n) is 4.94. The fraction of sp³-hybridized carbons (Fsp3) is 0. The van der Waals surface area contributed by atoms with E-state index in [0.29, 0.717) is 4.47 Å². The van der Waals surface area contributed by atoms with E-state index in [0.717, 1.165) is 4.47 Å².